The Hall–Kier alpha value is -4.93. The fourth-order valence-corrected chi connectivity index (χ4v) is 2.66. The Balaban J connectivity index is -0.000000585. The number of hydrogen-bond acceptors (Lipinski definition) is 16. The summed E-state index contributed by atoms with van der Waals surface area (Å²) in [6, 6.07) is 0. The minimum Gasteiger partial charge on any atom is -0.464 e. The standard InChI is InChI=1S/C10H15NO5.C8H11NO5.C6H9NO4.C4H5NO2/c1-5-14-9(2)15-6-10(11-3,7-16-9)8(12)13-4;1-6(11)14-5-8(4-10,9-2)7(12)13-3;1-7-6(3-8,4-9)5(10)11-2;1-5-3-4(6)7-2/h5-7H2,1-2,4H3;10H,4-5H2,1,3H3;8-9H,3-4H2,2H3;3H2,2H3. The molecule has 20 heteroatoms. The SMILES string of the molecule is [C-]#[N+]C(CO)(CO)C(=O)OC.[C-]#[N+]C(CO)(COC(C)=O)C(=O)OC.[C-]#[N+]C1(C(=O)OC)COC(C)(OCC)OC1.[C-]#[N+]CC(=O)OC. The Labute approximate surface area is 277 Å². The van der Waals surface area contributed by atoms with E-state index < -0.39 is 78.9 Å². The summed E-state index contributed by atoms with van der Waals surface area (Å²) in [6.45, 7) is 28.4. The van der Waals surface area contributed by atoms with E-state index in [4.69, 9.17) is 55.8 Å². The first-order valence-electron chi connectivity index (χ1n) is 13.2. The van der Waals surface area contributed by atoms with Gasteiger partial charge in [-0.2, -0.15) is 0 Å². The molecule has 1 heterocycles. The quantitative estimate of drug-likeness (QED) is 0.132. The van der Waals surface area contributed by atoms with Gasteiger partial charge in [-0.25, -0.2) is 45.5 Å². The van der Waals surface area contributed by atoms with E-state index in [0.717, 1.165) is 21.1 Å². The number of aliphatic hydroxyl groups excluding tert-OH is 3. The molecule has 1 fully saturated rings. The van der Waals surface area contributed by atoms with Crippen LogP contribution in [0.5, 0.6) is 0 Å². The molecule has 0 aliphatic carbocycles. The molecule has 1 unspecified atom stereocenters. The van der Waals surface area contributed by atoms with Crippen molar-refractivity contribution in [3.63, 3.8) is 0 Å². The zero-order valence-corrected chi connectivity index (χ0v) is 27.6. The summed E-state index contributed by atoms with van der Waals surface area (Å²) in [5, 5.41) is 26.1. The minimum atomic E-state index is -1.83. The maximum Gasteiger partial charge on any atom is 0.399 e. The summed E-state index contributed by atoms with van der Waals surface area (Å²) in [5.74, 6) is -4.78. The van der Waals surface area contributed by atoms with Gasteiger partial charge in [-0.05, 0) is 6.92 Å². The lowest BCUT2D eigenvalue weighted by Gasteiger charge is -2.36. The minimum absolute atomic E-state index is 0.0975. The molecule has 1 aliphatic heterocycles. The first-order valence-corrected chi connectivity index (χ1v) is 13.2. The van der Waals surface area contributed by atoms with Crippen LogP contribution in [0.4, 0.5) is 0 Å². The Bertz CT molecular complexity index is 1220. The van der Waals surface area contributed by atoms with Gasteiger partial charge in [-0.1, -0.05) is 0 Å². The van der Waals surface area contributed by atoms with Gasteiger partial charge >= 0.3 is 53.0 Å². The van der Waals surface area contributed by atoms with Crippen LogP contribution >= 0.6 is 0 Å². The lowest BCUT2D eigenvalue weighted by molar-refractivity contribution is -0.394. The molecular formula is C28H40N4O16. The molecule has 0 spiro atoms. The Kier molecular flexibility index (Phi) is 24.0. The van der Waals surface area contributed by atoms with Crippen molar-refractivity contribution in [3.8, 4) is 0 Å². The molecule has 48 heavy (non-hydrogen) atoms. The van der Waals surface area contributed by atoms with E-state index in [0.29, 0.717) is 6.61 Å². The lowest BCUT2D eigenvalue weighted by Crippen LogP contribution is -2.56. The van der Waals surface area contributed by atoms with Crippen LogP contribution < -0.4 is 0 Å². The van der Waals surface area contributed by atoms with Crippen molar-refractivity contribution in [3.05, 3.63) is 45.7 Å². The van der Waals surface area contributed by atoms with Crippen molar-refractivity contribution in [2.45, 2.75) is 43.4 Å². The average molecular weight is 689 g/mol. The maximum absolute atomic E-state index is 11.5. The molecule has 1 saturated heterocycles. The summed E-state index contributed by atoms with van der Waals surface area (Å²) in [4.78, 5) is 65.6. The Morgan fingerprint density at radius 2 is 1.25 bits per heavy atom. The number of carbonyl (C=O) groups excluding carboxylic acids is 5. The summed E-state index contributed by atoms with van der Waals surface area (Å²) < 4.78 is 37.5. The molecule has 0 aromatic heterocycles. The van der Waals surface area contributed by atoms with Gasteiger partial charge in [0.25, 0.3) is 5.97 Å². The lowest BCUT2D eigenvalue weighted by atomic mass is 10.0. The van der Waals surface area contributed by atoms with Crippen molar-refractivity contribution < 1.29 is 77.2 Å². The van der Waals surface area contributed by atoms with Crippen molar-refractivity contribution in [2.75, 3.05) is 81.2 Å². The summed E-state index contributed by atoms with van der Waals surface area (Å²) >= 11 is 0. The fourth-order valence-electron chi connectivity index (χ4n) is 2.66. The second kappa shape index (κ2) is 24.3. The van der Waals surface area contributed by atoms with Crippen molar-refractivity contribution >= 4 is 29.8 Å². The van der Waals surface area contributed by atoms with Gasteiger partial charge in [-0.15, -0.1) is 0 Å². The molecule has 0 amide bonds. The van der Waals surface area contributed by atoms with Crippen LogP contribution in [-0.2, 0) is 61.9 Å². The van der Waals surface area contributed by atoms with E-state index >= 15 is 0 Å². The summed E-state index contributed by atoms with van der Waals surface area (Å²) in [6.07, 6.45) is 0. The predicted molar refractivity (Wildman–Crippen MR) is 157 cm³/mol. The van der Waals surface area contributed by atoms with Crippen molar-refractivity contribution in [2.24, 2.45) is 0 Å². The van der Waals surface area contributed by atoms with Crippen molar-refractivity contribution in [1.29, 1.82) is 0 Å². The van der Waals surface area contributed by atoms with Gasteiger partial charge in [0.1, 0.15) is 33.0 Å². The third kappa shape index (κ3) is 15.1. The number of aliphatic hydroxyl groups is 3. The number of esters is 5. The molecule has 1 aliphatic rings. The number of hydrogen-bond donors (Lipinski definition) is 3. The zero-order chi connectivity index (χ0) is 38.0. The van der Waals surface area contributed by atoms with E-state index in [2.05, 4.69) is 43.1 Å². The van der Waals surface area contributed by atoms with Crippen LogP contribution in [-0.4, -0.2) is 149 Å². The van der Waals surface area contributed by atoms with Crippen LogP contribution in [0, 0.1) is 26.3 Å². The third-order valence-corrected chi connectivity index (χ3v) is 5.63. The smallest absolute Gasteiger partial charge is 0.399 e. The van der Waals surface area contributed by atoms with Crippen LogP contribution in [0.15, 0.2) is 0 Å². The molecule has 1 atom stereocenters. The first-order chi connectivity index (χ1) is 22.5. The monoisotopic (exact) mass is 688 g/mol. The maximum atomic E-state index is 11.5. The molecule has 0 radical (unpaired) electrons. The second-order valence-electron chi connectivity index (χ2n) is 8.92. The van der Waals surface area contributed by atoms with Crippen LogP contribution in [0.1, 0.15) is 20.8 Å². The van der Waals surface area contributed by atoms with E-state index in [9.17, 15) is 24.0 Å². The molecule has 3 N–H and O–H groups in total. The van der Waals surface area contributed by atoms with Crippen LogP contribution in [0.3, 0.4) is 0 Å². The van der Waals surface area contributed by atoms with Gasteiger partial charge in [0.05, 0.1) is 28.4 Å². The highest BCUT2D eigenvalue weighted by Crippen LogP contribution is 2.28. The first kappa shape index (κ1) is 47.5. The molecule has 0 saturated carbocycles. The zero-order valence-electron chi connectivity index (χ0n) is 27.6. The summed E-state index contributed by atoms with van der Waals surface area (Å²) in [7, 11) is 4.67. The van der Waals surface area contributed by atoms with E-state index in [1.807, 2.05) is 0 Å². The highest BCUT2D eigenvalue weighted by atomic mass is 16.9. The van der Waals surface area contributed by atoms with E-state index in [-0.39, 0.29) is 19.8 Å². The van der Waals surface area contributed by atoms with Gasteiger partial charge in [-0.3, -0.25) is 19.3 Å². The number of methoxy groups -OCH3 is 4. The van der Waals surface area contributed by atoms with Gasteiger partial charge in [0.15, 0.2) is 6.61 Å². The molecule has 1 rings (SSSR count). The van der Waals surface area contributed by atoms with Gasteiger partial charge in [0, 0.05) is 20.5 Å². The molecule has 0 bridgehead atoms. The normalized spacial score (nSPS) is 18.7. The van der Waals surface area contributed by atoms with Crippen LogP contribution in [0.2, 0.25) is 0 Å². The molecule has 0 aromatic rings. The topological polar surface area (TPSA) is 237 Å². The Morgan fingerprint density at radius 1 is 0.792 bits per heavy atom. The highest BCUT2D eigenvalue weighted by molar-refractivity contribution is 5.84. The second-order valence-corrected chi connectivity index (χ2v) is 8.92. The van der Waals surface area contributed by atoms with E-state index in [1.165, 1.54) is 14.2 Å². The predicted octanol–water partition coefficient (Wildman–Crippen LogP) is -1.17. The fraction of sp³-hybridized carbons (Fsp3) is 0.679. The molecule has 20 nitrogen and oxygen atoms in total. The molecule has 0 aromatic carbocycles. The third-order valence-electron chi connectivity index (χ3n) is 5.63. The number of carbonyl (C=O) groups is 5. The number of ether oxygens (including phenoxy) is 8. The highest BCUT2D eigenvalue weighted by Gasteiger charge is 2.55. The number of nitrogens with zero attached hydrogens (tertiary/aromatic N) is 4. The van der Waals surface area contributed by atoms with Crippen LogP contribution in [0.25, 0.3) is 19.4 Å². The molecular weight excluding hydrogens is 648 g/mol. The average Bonchev–Trinajstić information content (AvgIpc) is 3.10. The Morgan fingerprint density at radius 3 is 1.50 bits per heavy atom. The van der Waals surface area contributed by atoms with Gasteiger partial charge < -0.3 is 58.1 Å². The summed E-state index contributed by atoms with van der Waals surface area (Å²) in [5.41, 5.74) is -5.07. The number of rotatable bonds is 11. The van der Waals surface area contributed by atoms with E-state index in [1.54, 1.807) is 13.8 Å². The largest absolute Gasteiger partial charge is 0.464 e. The van der Waals surface area contributed by atoms with Gasteiger partial charge in [0.2, 0.25) is 0 Å². The van der Waals surface area contributed by atoms with Crippen molar-refractivity contribution in [1.82, 2.24) is 0 Å². The molecule has 268 valence electrons.